The first kappa shape index (κ1) is 6.35. The molecule has 56 valence electrons. The van der Waals surface area contributed by atoms with Gasteiger partial charge in [-0.05, 0) is 25.5 Å². The van der Waals surface area contributed by atoms with Crippen molar-refractivity contribution in [1.29, 1.82) is 0 Å². The summed E-state index contributed by atoms with van der Waals surface area (Å²) in [5.74, 6) is 0.100. The molecular formula is C8H12FN. The summed E-state index contributed by atoms with van der Waals surface area (Å²) in [6, 6.07) is 0.439. The van der Waals surface area contributed by atoms with Crippen molar-refractivity contribution < 1.29 is 4.39 Å². The first-order valence-electron chi connectivity index (χ1n) is 3.96. The first-order chi connectivity index (χ1) is 4.86. The smallest absolute Gasteiger partial charge is 0.0988 e. The first-order valence-corrected chi connectivity index (χ1v) is 3.96. The van der Waals surface area contributed by atoms with Crippen LogP contribution in [0.15, 0.2) is 11.9 Å². The van der Waals surface area contributed by atoms with Crippen LogP contribution in [0.5, 0.6) is 0 Å². The van der Waals surface area contributed by atoms with Crippen LogP contribution in [0.2, 0.25) is 0 Å². The molecule has 1 fully saturated rings. The number of hydrogen-bond donors (Lipinski definition) is 0. The molecule has 2 heteroatoms. The number of rotatable bonds is 0. The van der Waals surface area contributed by atoms with Crippen molar-refractivity contribution in [3.05, 3.63) is 11.9 Å². The molecule has 1 nitrogen and oxygen atoms in total. The molecule has 2 aliphatic rings. The van der Waals surface area contributed by atoms with Crippen LogP contribution in [0.1, 0.15) is 19.3 Å². The van der Waals surface area contributed by atoms with E-state index in [1.54, 1.807) is 6.08 Å². The molecular weight excluding hydrogens is 129 g/mol. The van der Waals surface area contributed by atoms with E-state index in [1.807, 2.05) is 0 Å². The number of nitrogens with zero attached hydrogens (tertiary/aromatic N) is 1. The molecule has 0 aromatic carbocycles. The van der Waals surface area contributed by atoms with Crippen molar-refractivity contribution in [2.75, 3.05) is 13.1 Å². The van der Waals surface area contributed by atoms with Crippen molar-refractivity contribution in [3.8, 4) is 0 Å². The van der Waals surface area contributed by atoms with Gasteiger partial charge in [0.2, 0.25) is 0 Å². The summed E-state index contributed by atoms with van der Waals surface area (Å²) in [5, 5.41) is 0. The zero-order chi connectivity index (χ0) is 6.97. The van der Waals surface area contributed by atoms with Gasteiger partial charge in [-0.15, -0.1) is 0 Å². The molecule has 0 spiro atoms. The molecule has 0 bridgehead atoms. The lowest BCUT2D eigenvalue weighted by Crippen LogP contribution is -2.31. The van der Waals surface area contributed by atoms with E-state index in [0.717, 1.165) is 13.0 Å². The molecule has 2 rings (SSSR count). The fourth-order valence-corrected chi connectivity index (χ4v) is 1.86. The molecule has 0 radical (unpaired) electrons. The topological polar surface area (TPSA) is 3.24 Å². The van der Waals surface area contributed by atoms with Gasteiger partial charge in [0.15, 0.2) is 0 Å². The van der Waals surface area contributed by atoms with Gasteiger partial charge in [-0.2, -0.15) is 0 Å². The number of halogens is 1. The molecule has 1 unspecified atom stereocenters. The van der Waals surface area contributed by atoms with Gasteiger partial charge < -0.3 is 0 Å². The normalized spacial score (nSPS) is 33.7. The summed E-state index contributed by atoms with van der Waals surface area (Å²) in [4.78, 5) is 2.36. The Hall–Kier alpha value is -0.370. The SMILES string of the molecule is FC1=CC2CCCN2CC1. The quantitative estimate of drug-likeness (QED) is 0.496. The van der Waals surface area contributed by atoms with Gasteiger partial charge in [-0.1, -0.05) is 0 Å². The third kappa shape index (κ3) is 0.966. The highest BCUT2D eigenvalue weighted by Gasteiger charge is 2.26. The third-order valence-electron chi connectivity index (χ3n) is 2.43. The molecule has 1 saturated heterocycles. The highest BCUT2D eigenvalue weighted by Crippen LogP contribution is 2.25. The minimum absolute atomic E-state index is 0.100. The molecule has 1 atom stereocenters. The molecule has 0 aromatic rings. The maximum atomic E-state index is 12.7. The van der Waals surface area contributed by atoms with E-state index in [4.69, 9.17) is 0 Å². The molecule has 10 heavy (non-hydrogen) atoms. The predicted octanol–water partition coefficient (Wildman–Crippen LogP) is 1.71. The Bertz CT molecular complexity index is 165. The summed E-state index contributed by atoms with van der Waals surface area (Å²) in [7, 11) is 0. The lowest BCUT2D eigenvalue weighted by Gasteiger charge is -2.25. The van der Waals surface area contributed by atoms with Gasteiger partial charge in [0.25, 0.3) is 0 Å². The molecule has 2 heterocycles. The van der Waals surface area contributed by atoms with Gasteiger partial charge in [-0.25, -0.2) is 4.39 Å². The van der Waals surface area contributed by atoms with E-state index in [9.17, 15) is 4.39 Å². The van der Waals surface area contributed by atoms with Gasteiger partial charge in [0.1, 0.15) is 0 Å². The highest BCUT2D eigenvalue weighted by molar-refractivity contribution is 5.07. The minimum Gasteiger partial charge on any atom is -0.296 e. The number of fused-ring (bicyclic) bond motifs is 1. The second-order valence-corrected chi connectivity index (χ2v) is 3.11. The summed E-state index contributed by atoms with van der Waals surface area (Å²) in [5.41, 5.74) is 0. The van der Waals surface area contributed by atoms with Gasteiger partial charge >= 0.3 is 0 Å². The van der Waals surface area contributed by atoms with Crippen LogP contribution in [0.4, 0.5) is 4.39 Å². The highest BCUT2D eigenvalue weighted by atomic mass is 19.1. The molecule has 0 saturated carbocycles. The van der Waals surface area contributed by atoms with Crippen LogP contribution in [0, 0.1) is 0 Å². The van der Waals surface area contributed by atoms with E-state index >= 15 is 0 Å². The Morgan fingerprint density at radius 2 is 2.40 bits per heavy atom. The number of hydrogen-bond acceptors (Lipinski definition) is 1. The maximum Gasteiger partial charge on any atom is 0.0988 e. The van der Waals surface area contributed by atoms with Crippen molar-refractivity contribution in [3.63, 3.8) is 0 Å². The Labute approximate surface area is 60.5 Å². The van der Waals surface area contributed by atoms with E-state index in [0.29, 0.717) is 12.5 Å². The zero-order valence-corrected chi connectivity index (χ0v) is 6.02. The lowest BCUT2D eigenvalue weighted by molar-refractivity contribution is 0.264. The second kappa shape index (κ2) is 2.35. The summed E-state index contributed by atoms with van der Waals surface area (Å²) < 4.78 is 12.7. The van der Waals surface area contributed by atoms with Crippen LogP contribution in [-0.4, -0.2) is 24.0 Å². The van der Waals surface area contributed by atoms with Crippen molar-refractivity contribution >= 4 is 0 Å². The minimum atomic E-state index is 0.100. The molecule has 2 aliphatic heterocycles. The van der Waals surface area contributed by atoms with Crippen molar-refractivity contribution in [1.82, 2.24) is 4.90 Å². The molecule has 0 aromatic heterocycles. The van der Waals surface area contributed by atoms with Crippen LogP contribution < -0.4 is 0 Å². The maximum absolute atomic E-state index is 12.7. The van der Waals surface area contributed by atoms with E-state index in [2.05, 4.69) is 4.90 Å². The Kier molecular flexibility index (Phi) is 1.49. The van der Waals surface area contributed by atoms with Crippen LogP contribution in [0.3, 0.4) is 0 Å². The van der Waals surface area contributed by atoms with Gasteiger partial charge in [0, 0.05) is 19.0 Å². The van der Waals surface area contributed by atoms with Gasteiger partial charge in [0.05, 0.1) is 5.83 Å². The Balaban J connectivity index is 2.13. The molecule has 0 amide bonds. The fourth-order valence-electron chi connectivity index (χ4n) is 1.86. The van der Waals surface area contributed by atoms with Crippen LogP contribution in [-0.2, 0) is 0 Å². The second-order valence-electron chi connectivity index (χ2n) is 3.11. The van der Waals surface area contributed by atoms with E-state index in [1.165, 1.54) is 13.0 Å². The van der Waals surface area contributed by atoms with Crippen molar-refractivity contribution in [2.24, 2.45) is 0 Å². The van der Waals surface area contributed by atoms with Crippen LogP contribution in [0.25, 0.3) is 0 Å². The molecule has 0 aliphatic carbocycles. The Morgan fingerprint density at radius 1 is 1.50 bits per heavy atom. The molecule has 0 N–H and O–H groups in total. The largest absolute Gasteiger partial charge is 0.296 e. The van der Waals surface area contributed by atoms with E-state index in [-0.39, 0.29) is 5.83 Å². The third-order valence-corrected chi connectivity index (χ3v) is 2.43. The summed E-state index contributed by atoms with van der Waals surface area (Å²) >= 11 is 0. The average molecular weight is 141 g/mol. The lowest BCUT2D eigenvalue weighted by atomic mass is 10.1. The average Bonchev–Trinajstić information content (AvgIpc) is 2.33. The summed E-state index contributed by atoms with van der Waals surface area (Å²) in [6.45, 7) is 2.11. The van der Waals surface area contributed by atoms with Crippen molar-refractivity contribution in [2.45, 2.75) is 25.3 Å². The Morgan fingerprint density at radius 3 is 3.30 bits per heavy atom. The fraction of sp³-hybridized carbons (Fsp3) is 0.750. The van der Waals surface area contributed by atoms with E-state index < -0.39 is 0 Å². The zero-order valence-electron chi connectivity index (χ0n) is 6.02. The predicted molar refractivity (Wildman–Crippen MR) is 38.4 cm³/mol. The monoisotopic (exact) mass is 141 g/mol. The van der Waals surface area contributed by atoms with Gasteiger partial charge in [-0.3, -0.25) is 4.90 Å². The summed E-state index contributed by atoms with van der Waals surface area (Å²) in [6.07, 6.45) is 4.83. The van der Waals surface area contributed by atoms with Crippen LogP contribution >= 0.6 is 0 Å². The standard InChI is InChI=1S/C8H12FN/c9-7-3-5-10-4-1-2-8(10)6-7/h6,8H,1-5H2.